The highest BCUT2D eigenvalue weighted by atomic mass is 79.9. The number of allylic oxidation sites excluding steroid dienone is 3. The first-order chi connectivity index (χ1) is 13.5. The van der Waals surface area contributed by atoms with E-state index in [0.29, 0.717) is 16.7 Å². The van der Waals surface area contributed by atoms with Crippen LogP contribution in [0.4, 0.5) is 0 Å². The zero-order valence-electron chi connectivity index (χ0n) is 16.3. The summed E-state index contributed by atoms with van der Waals surface area (Å²) in [4.78, 5) is 24.9. The molecule has 3 nitrogen and oxygen atoms in total. The molecule has 0 aliphatic heterocycles. The van der Waals surface area contributed by atoms with Crippen molar-refractivity contribution in [3.8, 4) is 0 Å². The van der Waals surface area contributed by atoms with Gasteiger partial charge in [-0.05, 0) is 44.4 Å². The monoisotopic (exact) mass is 440 g/mol. The zero-order chi connectivity index (χ0) is 20.4. The van der Waals surface area contributed by atoms with Gasteiger partial charge in [-0.25, -0.2) is 4.79 Å². The molecule has 0 spiro atoms. The molecule has 0 aliphatic rings. The lowest BCUT2D eigenvalue weighted by molar-refractivity contribution is 0.0540. The average Bonchev–Trinajstić information content (AvgIpc) is 2.72. The maximum absolute atomic E-state index is 12.5. The van der Waals surface area contributed by atoms with Gasteiger partial charge in [0, 0.05) is 16.5 Å². The fourth-order valence-corrected chi connectivity index (χ4v) is 3.20. The Morgan fingerprint density at radius 3 is 2.29 bits per heavy atom. The van der Waals surface area contributed by atoms with E-state index in [1.807, 2.05) is 25.1 Å². The Labute approximate surface area is 175 Å². The summed E-state index contributed by atoms with van der Waals surface area (Å²) in [7, 11) is 0. The summed E-state index contributed by atoms with van der Waals surface area (Å²) in [6, 6.07) is 15.7. The molecule has 2 aromatic carbocycles. The smallest absolute Gasteiger partial charge is 0.338 e. The Balaban J connectivity index is 1.94. The van der Waals surface area contributed by atoms with Gasteiger partial charge in [0.25, 0.3) is 0 Å². The van der Waals surface area contributed by atoms with Crippen LogP contribution in [-0.2, 0) is 4.74 Å². The van der Waals surface area contributed by atoms with Gasteiger partial charge in [0.05, 0.1) is 5.56 Å². The third-order valence-corrected chi connectivity index (χ3v) is 4.61. The van der Waals surface area contributed by atoms with Crippen LogP contribution in [0.3, 0.4) is 0 Å². The van der Waals surface area contributed by atoms with Gasteiger partial charge in [0.15, 0.2) is 5.78 Å². The van der Waals surface area contributed by atoms with Crippen molar-refractivity contribution in [2.75, 3.05) is 11.9 Å². The Morgan fingerprint density at radius 2 is 1.57 bits per heavy atom. The minimum atomic E-state index is -0.425. The molecule has 4 heteroatoms. The zero-order valence-corrected chi connectivity index (χ0v) is 17.9. The molecule has 0 atom stereocenters. The number of esters is 1. The van der Waals surface area contributed by atoms with Crippen molar-refractivity contribution in [3.05, 3.63) is 94.6 Å². The molecule has 0 N–H and O–H groups in total. The summed E-state index contributed by atoms with van der Waals surface area (Å²) in [6.45, 7) is 4.30. The lowest BCUT2D eigenvalue weighted by Gasteiger charge is -2.07. The van der Waals surface area contributed by atoms with Crippen molar-refractivity contribution in [2.24, 2.45) is 0 Å². The number of hydrogen-bond donors (Lipinski definition) is 0. The number of carbonyl (C=O) groups excluding carboxylic acids is 2. The molecule has 0 unspecified atom stereocenters. The first kappa shape index (κ1) is 21.8. The van der Waals surface area contributed by atoms with E-state index in [1.165, 1.54) is 5.57 Å². The van der Waals surface area contributed by atoms with Crippen LogP contribution in [-0.4, -0.2) is 23.7 Å². The normalized spacial score (nSPS) is 12.0. The molecular weight excluding hydrogens is 416 g/mol. The van der Waals surface area contributed by atoms with Crippen LogP contribution in [0, 0.1) is 0 Å². The predicted molar refractivity (Wildman–Crippen MR) is 117 cm³/mol. The second-order valence-corrected chi connectivity index (χ2v) is 7.29. The van der Waals surface area contributed by atoms with Crippen LogP contribution in [0.25, 0.3) is 0 Å². The number of rotatable bonds is 9. The Bertz CT molecular complexity index is 866. The fourth-order valence-electron chi connectivity index (χ4n) is 2.65. The molecule has 0 saturated heterocycles. The highest BCUT2D eigenvalue weighted by Crippen LogP contribution is 2.13. The number of alkyl halides is 1. The molecule has 28 heavy (non-hydrogen) atoms. The van der Waals surface area contributed by atoms with E-state index in [0.717, 1.165) is 23.7 Å². The summed E-state index contributed by atoms with van der Waals surface area (Å²) in [5, 5.41) is 0.866. The molecular formula is C24H25BrO3. The molecule has 146 valence electrons. The molecule has 0 fully saturated rings. The predicted octanol–water partition coefficient (Wildman–Crippen LogP) is 6.14. The van der Waals surface area contributed by atoms with Gasteiger partial charge in [-0.2, -0.15) is 0 Å². The van der Waals surface area contributed by atoms with Crippen LogP contribution >= 0.6 is 15.9 Å². The summed E-state index contributed by atoms with van der Waals surface area (Å²) in [5.41, 5.74) is 3.79. The number of benzene rings is 2. The average molecular weight is 441 g/mol. The SMILES string of the molecule is C/C(=C\CBr)CC/C=C(\C)COC(=O)c1cccc(C(=O)c2ccccc2)c1. The second-order valence-electron chi connectivity index (χ2n) is 6.65. The Morgan fingerprint density at radius 1 is 0.893 bits per heavy atom. The van der Waals surface area contributed by atoms with Crippen molar-refractivity contribution in [2.45, 2.75) is 26.7 Å². The van der Waals surface area contributed by atoms with Gasteiger partial charge in [0.1, 0.15) is 6.61 Å². The highest BCUT2D eigenvalue weighted by Gasteiger charge is 2.13. The van der Waals surface area contributed by atoms with Crippen LogP contribution in [0.5, 0.6) is 0 Å². The summed E-state index contributed by atoms with van der Waals surface area (Å²) in [5.74, 6) is -0.538. The van der Waals surface area contributed by atoms with E-state index in [4.69, 9.17) is 4.74 Å². The lowest BCUT2D eigenvalue weighted by atomic mass is 10.0. The van der Waals surface area contributed by atoms with Crippen LogP contribution < -0.4 is 0 Å². The first-order valence-electron chi connectivity index (χ1n) is 9.25. The van der Waals surface area contributed by atoms with Crippen LogP contribution in [0.15, 0.2) is 77.9 Å². The maximum atomic E-state index is 12.5. The van der Waals surface area contributed by atoms with Crippen molar-refractivity contribution >= 4 is 27.7 Å². The molecule has 0 aliphatic carbocycles. The Hall–Kier alpha value is -2.46. The lowest BCUT2D eigenvalue weighted by Crippen LogP contribution is -2.09. The number of ether oxygens (including phenoxy) is 1. The largest absolute Gasteiger partial charge is 0.458 e. The summed E-state index contributed by atoms with van der Waals surface area (Å²) >= 11 is 3.39. The number of halogens is 1. The number of carbonyl (C=O) groups is 2. The van der Waals surface area contributed by atoms with Gasteiger partial charge in [-0.15, -0.1) is 0 Å². The molecule has 0 amide bonds. The van der Waals surface area contributed by atoms with E-state index in [1.54, 1.807) is 36.4 Å². The van der Waals surface area contributed by atoms with Gasteiger partial charge in [-0.1, -0.05) is 76.1 Å². The molecule has 2 aromatic rings. The number of ketones is 1. The minimum absolute atomic E-state index is 0.113. The molecule has 0 heterocycles. The standard InChI is InChI=1S/C24H25BrO3/c1-18(14-15-25)8-6-9-19(2)17-28-24(27)22-13-7-12-21(16-22)23(26)20-10-4-3-5-11-20/h3-5,7,9-14,16H,6,8,15,17H2,1-2H3/b18-14+,19-9+. The van der Waals surface area contributed by atoms with Crippen molar-refractivity contribution in [1.82, 2.24) is 0 Å². The minimum Gasteiger partial charge on any atom is -0.458 e. The van der Waals surface area contributed by atoms with Crippen LogP contribution in [0.1, 0.15) is 53.0 Å². The van der Waals surface area contributed by atoms with Crippen molar-refractivity contribution in [1.29, 1.82) is 0 Å². The summed E-state index contributed by atoms with van der Waals surface area (Å²) < 4.78 is 5.39. The summed E-state index contributed by atoms with van der Waals surface area (Å²) in [6.07, 6.45) is 6.14. The second kappa shape index (κ2) is 11.4. The molecule has 0 bridgehead atoms. The quantitative estimate of drug-likeness (QED) is 0.203. The Kier molecular flexibility index (Phi) is 8.89. The third kappa shape index (κ3) is 6.93. The third-order valence-electron chi connectivity index (χ3n) is 4.28. The van der Waals surface area contributed by atoms with E-state index < -0.39 is 5.97 Å². The van der Waals surface area contributed by atoms with Gasteiger partial charge >= 0.3 is 5.97 Å². The van der Waals surface area contributed by atoms with Crippen LogP contribution in [0.2, 0.25) is 0 Å². The number of hydrogen-bond acceptors (Lipinski definition) is 3. The molecule has 0 radical (unpaired) electrons. The molecule has 0 saturated carbocycles. The van der Waals surface area contributed by atoms with E-state index in [-0.39, 0.29) is 12.4 Å². The van der Waals surface area contributed by atoms with Crippen molar-refractivity contribution in [3.63, 3.8) is 0 Å². The van der Waals surface area contributed by atoms with E-state index >= 15 is 0 Å². The van der Waals surface area contributed by atoms with Gasteiger partial charge in [0.2, 0.25) is 0 Å². The molecule has 0 aromatic heterocycles. The first-order valence-corrected chi connectivity index (χ1v) is 10.4. The van der Waals surface area contributed by atoms with E-state index in [2.05, 4.69) is 35.0 Å². The van der Waals surface area contributed by atoms with Gasteiger partial charge in [-0.3, -0.25) is 4.79 Å². The van der Waals surface area contributed by atoms with Gasteiger partial charge < -0.3 is 4.74 Å². The topological polar surface area (TPSA) is 43.4 Å². The fraction of sp³-hybridized carbons (Fsp3) is 0.250. The van der Waals surface area contributed by atoms with Crippen molar-refractivity contribution < 1.29 is 14.3 Å². The highest BCUT2D eigenvalue weighted by molar-refractivity contribution is 9.09. The van der Waals surface area contributed by atoms with E-state index in [9.17, 15) is 9.59 Å². The molecule has 2 rings (SSSR count). The maximum Gasteiger partial charge on any atom is 0.338 e.